The van der Waals surface area contributed by atoms with E-state index < -0.39 is 0 Å². The number of hydrogen-bond donors (Lipinski definition) is 2. The van der Waals surface area contributed by atoms with Crippen molar-refractivity contribution < 1.29 is 0 Å². The zero-order chi connectivity index (χ0) is 11.2. The van der Waals surface area contributed by atoms with Gasteiger partial charge >= 0.3 is 0 Å². The summed E-state index contributed by atoms with van der Waals surface area (Å²) in [5.74, 6) is 0. The molecule has 1 aromatic heterocycles. The molecule has 16 heavy (non-hydrogen) atoms. The Kier molecular flexibility index (Phi) is 3.59. The molecule has 84 valence electrons. The molecule has 0 aliphatic carbocycles. The van der Waals surface area contributed by atoms with Gasteiger partial charge in [0.2, 0.25) is 0 Å². The van der Waals surface area contributed by atoms with Gasteiger partial charge in [-0.2, -0.15) is 0 Å². The Hall–Kier alpha value is -1.77. The van der Waals surface area contributed by atoms with Crippen molar-refractivity contribution in [1.82, 2.24) is 10.3 Å². The van der Waals surface area contributed by atoms with Gasteiger partial charge in [0.05, 0.1) is 0 Å². The fraction of sp³-hybridized carbons (Fsp3) is 0.308. The van der Waals surface area contributed by atoms with Gasteiger partial charge in [0, 0.05) is 30.8 Å². The summed E-state index contributed by atoms with van der Waals surface area (Å²) in [4.78, 5) is 4.01. The Labute approximate surface area is 96.1 Å². The van der Waals surface area contributed by atoms with Gasteiger partial charge in [-0.3, -0.25) is 4.98 Å². The minimum atomic E-state index is 0.894. The highest BCUT2D eigenvalue weighted by molar-refractivity contribution is 5.52. The van der Waals surface area contributed by atoms with Crippen molar-refractivity contribution in [1.29, 1.82) is 0 Å². The normalized spacial score (nSPS) is 21.8. The van der Waals surface area contributed by atoms with E-state index in [2.05, 4.69) is 16.4 Å². The Balaban J connectivity index is 2.08. The lowest BCUT2D eigenvalue weighted by Gasteiger charge is -2.05. The molecular weight excluding hydrogens is 198 g/mol. The van der Waals surface area contributed by atoms with E-state index in [9.17, 15) is 0 Å². The molecule has 1 aliphatic rings. The van der Waals surface area contributed by atoms with E-state index in [0.29, 0.717) is 0 Å². The third-order valence-electron chi connectivity index (χ3n) is 2.76. The maximum atomic E-state index is 5.52. The van der Waals surface area contributed by atoms with E-state index in [1.165, 1.54) is 11.1 Å². The number of hydrogen-bond acceptors (Lipinski definition) is 3. The number of aromatic nitrogens is 1. The molecule has 0 atom stereocenters. The molecule has 0 unspecified atom stereocenters. The number of nitrogens with two attached hydrogens (primary N) is 1. The van der Waals surface area contributed by atoms with Crippen LogP contribution in [0.15, 0.2) is 42.0 Å². The molecule has 1 aromatic rings. The van der Waals surface area contributed by atoms with Crippen LogP contribution in [0.2, 0.25) is 0 Å². The highest BCUT2D eigenvalue weighted by atomic mass is 14.9. The van der Waals surface area contributed by atoms with E-state index in [4.69, 9.17) is 5.73 Å². The van der Waals surface area contributed by atoms with E-state index in [-0.39, 0.29) is 0 Å². The second-order valence-electron chi connectivity index (χ2n) is 3.98. The summed E-state index contributed by atoms with van der Waals surface area (Å²) in [6.45, 7) is 0.894. The molecule has 0 spiro atoms. The maximum absolute atomic E-state index is 5.52. The van der Waals surface area contributed by atoms with Crippen molar-refractivity contribution in [3.8, 4) is 0 Å². The third kappa shape index (κ3) is 2.86. The molecule has 0 bridgehead atoms. The lowest BCUT2D eigenvalue weighted by atomic mass is 10.1. The lowest BCUT2D eigenvalue weighted by Crippen LogP contribution is -2.14. The largest absolute Gasteiger partial charge is 0.403 e. The van der Waals surface area contributed by atoms with Crippen LogP contribution in [0.4, 0.5) is 0 Å². The summed E-state index contributed by atoms with van der Waals surface area (Å²) in [7, 11) is 0. The molecule has 0 saturated carbocycles. The van der Waals surface area contributed by atoms with Crippen LogP contribution < -0.4 is 11.1 Å². The highest BCUT2D eigenvalue weighted by Gasteiger charge is 2.06. The van der Waals surface area contributed by atoms with E-state index in [1.807, 2.05) is 24.5 Å². The van der Waals surface area contributed by atoms with Gasteiger partial charge < -0.3 is 11.1 Å². The minimum absolute atomic E-state index is 0.894. The van der Waals surface area contributed by atoms with Gasteiger partial charge in [0.1, 0.15) is 0 Å². The van der Waals surface area contributed by atoms with Crippen LogP contribution in [-0.4, -0.2) is 11.5 Å². The molecule has 0 aromatic carbocycles. The topological polar surface area (TPSA) is 50.9 Å². The summed E-state index contributed by atoms with van der Waals surface area (Å²) < 4.78 is 0. The standard InChI is InChI=1S/C13H17N3/c14-9-13-3-1-2-12(10-16-13)8-11-4-6-15-7-5-11/h4-9,16H,1-3,10,14H2/b12-8+,13-9-. The molecule has 2 heterocycles. The van der Waals surface area contributed by atoms with Crippen molar-refractivity contribution in [3.63, 3.8) is 0 Å². The summed E-state index contributed by atoms with van der Waals surface area (Å²) in [5, 5.41) is 3.35. The Morgan fingerprint density at radius 3 is 2.81 bits per heavy atom. The van der Waals surface area contributed by atoms with Crippen molar-refractivity contribution in [2.45, 2.75) is 19.3 Å². The van der Waals surface area contributed by atoms with Crippen molar-refractivity contribution in [2.24, 2.45) is 5.73 Å². The van der Waals surface area contributed by atoms with E-state index in [0.717, 1.165) is 31.5 Å². The average molecular weight is 215 g/mol. The number of allylic oxidation sites excluding steroid dienone is 1. The summed E-state index contributed by atoms with van der Waals surface area (Å²) in [6.07, 6.45) is 10.9. The average Bonchev–Trinajstić information content (AvgIpc) is 2.56. The van der Waals surface area contributed by atoms with Gasteiger partial charge in [-0.15, -0.1) is 0 Å². The van der Waals surface area contributed by atoms with Crippen LogP contribution in [0.3, 0.4) is 0 Å². The van der Waals surface area contributed by atoms with Crippen molar-refractivity contribution >= 4 is 6.08 Å². The molecule has 1 saturated heterocycles. The second-order valence-corrected chi connectivity index (χ2v) is 3.98. The molecular formula is C13H17N3. The fourth-order valence-corrected chi connectivity index (χ4v) is 1.87. The Morgan fingerprint density at radius 1 is 1.25 bits per heavy atom. The minimum Gasteiger partial charge on any atom is -0.403 e. The Morgan fingerprint density at radius 2 is 2.06 bits per heavy atom. The monoisotopic (exact) mass is 215 g/mol. The molecule has 3 nitrogen and oxygen atoms in total. The maximum Gasteiger partial charge on any atom is 0.0361 e. The predicted molar refractivity (Wildman–Crippen MR) is 66.3 cm³/mol. The van der Waals surface area contributed by atoms with Gasteiger partial charge in [0.15, 0.2) is 0 Å². The SMILES string of the molecule is N/C=C1/CCC/C(=C\c2ccncc2)CN1. The molecule has 3 heteroatoms. The van der Waals surface area contributed by atoms with E-state index >= 15 is 0 Å². The zero-order valence-corrected chi connectivity index (χ0v) is 9.32. The first-order valence-electron chi connectivity index (χ1n) is 5.62. The quantitative estimate of drug-likeness (QED) is 0.753. The van der Waals surface area contributed by atoms with Gasteiger partial charge in [-0.1, -0.05) is 11.6 Å². The van der Waals surface area contributed by atoms with Gasteiger partial charge in [0.25, 0.3) is 0 Å². The second kappa shape index (κ2) is 5.35. The predicted octanol–water partition coefficient (Wildman–Crippen LogP) is 2.04. The van der Waals surface area contributed by atoms with Crippen LogP contribution in [0, 0.1) is 0 Å². The van der Waals surface area contributed by atoms with Gasteiger partial charge in [-0.05, 0) is 37.0 Å². The summed E-state index contributed by atoms with van der Waals surface area (Å²) >= 11 is 0. The van der Waals surface area contributed by atoms with E-state index in [1.54, 1.807) is 6.20 Å². The first-order valence-corrected chi connectivity index (χ1v) is 5.62. The third-order valence-corrected chi connectivity index (χ3v) is 2.76. The highest BCUT2D eigenvalue weighted by Crippen LogP contribution is 2.17. The van der Waals surface area contributed by atoms with Crippen LogP contribution in [-0.2, 0) is 0 Å². The number of rotatable bonds is 1. The van der Waals surface area contributed by atoms with Crippen LogP contribution in [0.5, 0.6) is 0 Å². The molecule has 2 rings (SSSR count). The van der Waals surface area contributed by atoms with Crippen LogP contribution in [0.25, 0.3) is 6.08 Å². The fourth-order valence-electron chi connectivity index (χ4n) is 1.87. The van der Waals surface area contributed by atoms with Crippen LogP contribution >= 0.6 is 0 Å². The summed E-state index contributed by atoms with van der Waals surface area (Å²) in [6, 6.07) is 4.05. The van der Waals surface area contributed by atoms with Crippen LogP contribution in [0.1, 0.15) is 24.8 Å². The number of nitrogens with zero attached hydrogens (tertiary/aromatic N) is 1. The molecule has 1 fully saturated rings. The van der Waals surface area contributed by atoms with Crippen molar-refractivity contribution in [3.05, 3.63) is 47.6 Å². The molecule has 3 N–H and O–H groups in total. The number of nitrogens with one attached hydrogen (secondary N) is 1. The first kappa shape index (κ1) is 10.7. The lowest BCUT2D eigenvalue weighted by molar-refractivity contribution is 0.810. The Bertz CT molecular complexity index is 393. The zero-order valence-electron chi connectivity index (χ0n) is 9.32. The summed E-state index contributed by atoms with van der Waals surface area (Å²) in [5.41, 5.74) is 9.30. The van der Waals surface area contributed by atoms with Crippen molar-refractivity contribution in [2.75, 3.05) is 6.54 Å². The number of pyridine rings is 1. The first-order chi connectivity index (χ1) is 7.88. The molecule has 0 radical (unpaired) electrons. The molecule has 1 aliphatic heterocycles. The smallest absolute Gasteiger partial charge is 0.0361 e. The van der Waals surface area contributed by atoms with Gasteiger partial charge in [-0.25, -0.2) is 0 Å². The molecule has 0 amide bonds.